The lowest BCUT2D eigenvalue weighted by Gasteiger charge is -2.16. The standard InChI is InChI=1S/C50H58N4O4S2/c55-47(37-45(49-23-17-35-59-49)53-51-41-19-11-9-12-20-41)39-25-29-43(30-26-39)57-33-15-7-5-3-1-2-4-6-8-16-34-58-44-31-27-40(28-32-44)48(56)38-46(50-24-18-36-60-50)54-52-42-21-13-10-14-22-42/h9-14,17-32,35-38,45-46,51-56H,1-8,15-16,33-34H2/b47-37-,48-38-. The fourth-order valence-corrected chi connectivity index (χ4v) is 8.13. The van der Waals surface area contributed by atoms with Crippen LogP contribution in [-0.4, -0.2) is 23.4 Å². The Morgan fingerprint density at radius 2 is 0.817 bits per heavy atom. The van der Waals surface area contributed by atoms with Crippen LogP contribution in [0.3, 0.4) is 0 Å². The number of aliphatic hydroxyl groups excluding tert-OH is 2. The minimum absolute atomic E-state index is 0.196. The number of nitrogens with one attached hydrogen (secondary N) is 4. The summed E-state index contributed by atoms with van der Waals surface area (Å²) >= 11 is 3.28. The van der Waals surface area contributed by atoms with E-state index in [0.29, 0.717) is 13.2 Å². The van der Waals surface area contributed by atoms with Gasteiger partial charge in [-0.1, -0.05) is 99.9 Å². The molecule has 2 heterocycles. The number of aliphatic hydroxyl groups is 2. The van der Waals surface area contributed by atoms with Crippen LogP contribution in [0.5, 0.6) is 11.5 Å². The molecule has 0 radical (unpaired) electrons. The fourth-order valence-electron chi connectivity index (χ4n) is 6.64. The van der Waals surface area contributed by atoms with Gasteiger partial charge < -0.3 is 30.5 Å². The summed E-state index contributed by atoms with van der Waals surface area (Å²) in [6.07, 6.45) is 15.6. The van der Waals surface area contributed by atoms with Crippen LogP contribution in [0.2, 0.25) is 0 Å². The van der Waals surface area contributed by atoms with Gasteiger partial charge in [-0.25, -0.2) is 10.9 Å². The molecule has 60 heavy (non-hydrogen) atoms. The van der Waals surface area contributed by atoms with E-state index in [2.05, 4.69) is 33.8 Å². The summed E-state index contributed by atoms with van der Waals surface area (Å²) in [5.74, 6) is 2.07. The van der Waals surface area contributed by atoms with E-state index in [0.717, 1.165) is 56.6 Å². The molecule has 2 aromatic heterocycles. The first kappa shape index (κ1) is 44.0. The second-order valence-electron chi connectivity index (χ2n) is 14.6. The van der Waals surface area contributed by atoms with Crippen LogP contribution in [-0.2, 0) is 0 Å². The number of benzene rings is 4. The molecule has 0 bridgehead atoms. The molecule has 0 spiro atoms. The lowest BCUT2D eigenvalue weighted by Crippen LogP contribution is -2.25. The number of hydrazine groups is 2. The van der Waals surface area contributed by atoms with Crippen molar-refractivity contribution in [2.75, 3.05) is 24.1 Å². The van der Waals surface area contributed by atoms with Gasteiger partial charge in [0.1, 0.15) is 23.0 Å². The van der Waals surface area contributed by atoms with Crippen molar-refractivity contribution in [1.29, 1.82) is 0 Å². The van der Waals surface area contributed by atoms with Gasteiger partial charge in [0.25, 0.3) is 0 Å². The zero-order valence-electron chi connectivity index (χ0n) is 34.2. The van der Waals surface area contributed by atoms with Crippen LogP contribution in [0.4, 0.5) is 11.4 Å². The highest BCUT2D eigenvalue weighted by molar-refractivity contribution is 7.10. The van der Waals surface area contributed by atoms with Crippen molar-refractivity contribution < 1.29 is 19.7 Å². The molecule has 0 fully saturated rings. The number of anilines is 2. The van der Waals surface area contributed by atoms with E-state index in [1.54, 1.807) is 22.7 Å². The third kappa shape index (κ3) is 15.3. The Labute approximate surface area is 363 Å². The summed E-state index contributed by atoms with van der Waals surface area (Å²) in [7, 11) is 0. The SMILES string of the molecule is O/C(=C\C(NNc1ccccc1)c1cccs1)c1ccc(OCCCCCCCCCCCCOc2ccc(/C(O)=C/C(NNc3ccccc3)c3cccs3)cc2)cc1. The van der Waals surface area contributed by atoms with E-state index >= 15 is 0 Å². The molecule has 10 heteroatoms. The molecular weight excluding hydrogens is 785 g/mol. The third-order valence-corrected chi connectivity index (χ3v) is 11.9. The summed E-state index contributed by atoms with van der Waals surface area (Å²) in [6.45, 7) is 1.40. The summed E-state index contributed by atoms with van der Waals surface area (Å²) in [5, 5.41) is 26.0. The molecule has 6 aromatic rings. The normalized spacial score (nSPS) is 12.8. The molecule has 6 N–H and O–H groups in total. The smallest absolute Gasteiger partial charge is 0.120 e. The molecule has 0 amide bonds. The molecule has 0 aliphatic rings. The van der Waals surface area contributed by atoms with E-state index in [-0.39, 0.29) is 23.6 Å². The van der Waals surface area contributed by atoms with Crippen molar-refractivity contribution >= 4 is 45.6 Å². The molecule has 2 unspecified atom stereocenters. The van der Waals surface area contributed by atoms with E-state index in [9.17, 15) is 10.2 Å². The summed E-state index contributed by atoms with van der Waals surface area (Å²) < 4.78 is 12.0. The van der Waals surface area contributed by atoms with Gasteiger partial charge in [0, 0.05) is 32.3 Å². The fraction of sp³-hybridized carbons (Fsp3) is 0.280. The van der Waals surface area contributed by atoms with Gasteiger partial charge in [-0.2, -0.15) is 0 Å². The summed E-state index contributed by atoms with van der Waals surface area (Å²) in [6, 6.07) is 42.9. The van der Waals surface area contributed by atoms with E-state index in [1.807, 2.05) is 144 Å². The minimum Gasteiger partial charge on any atom is -0.508 e. The first-order chi connectivity index (χ1) is 29.6. The zero-order valence-corrected chi connectivity index (χ0v) is 35.8. The predicted molar refractivity (Wildman–Crippen MR) is 252 cm³/mol. The monoisotopic (exact) mass is 842 g/mol. The van der Waals surface area contributed by atoms with Gasteiger partial charge >= 0.3 is 0 Å². The van der Waals surface area contributed by atoms with Gasteiger partial charge in [0.2, 0.25) is 0 Å². The van der Waals surface area contributed by atoms with Crippen molar-refractivity contribution in [3.05, 3.63) is 177 Å². The molecular formula is C50H58N4O4S2. The van der Waals surface area contributed by atoms with Crippen LogP contribution < -0.4 is 31.2 Å². The molecule has 6 rings (SSSR count). The number of hydrogen-bond donors (Lipinski definition) is 6. The largest absolute Gasteiger partial charge is 0.508 e. The van der Waals surface area contributed by atoms with Crippen LogP contribution in [0.25, 0.3) is 11.5 Å². The highest BCUT2D eigenvalue weighted by Crippen LogP contribution is 2.27. The number of thiophene rings is 2. The zero-order chi connectivity index (χ0) is 41.5. The number of unbranched alkanes of at least 4 members (excludes halogenated alkanes) is 9. The lowest BCUT2D eigenvalue weighted by atomic mass is 10.1. The van der Waals surface area contributed by atoms with Gasteiger partial charge in [-0.15, -0.1) is 22.7 Å². The topological polar surface area (TPSA) is 107 Å². The second kappa shape index (κ2) is 25.2. The Balaban J connectivity index is 0.779. The van der Waals surface area contributed by atoms with Crippen LogP contribution in [0.15, 0.2) is 156 Å². The molecule has 0 aliphatic carbocycles. The maximum absolute atomic E-state index is 10.9. The molecule has 0 saturated carbocycles. The van der Waals surface area contributed by atoms with Crippen molar-refractivity contribution in [2.45, 2.75) is 76.3 Å². The van der Waals surface area contributed by atoms with Gasteiger partial charge in [0.15, 0.2) is 0 Å². The Morgan fingerprint density at radius 3 is 1.17 bits per heavy atom. The highest BCUT2D eigenvalue weighted by Gasteiger charge is 2.14. The van der Waals surface area contributed by atoms with Crippen molar-refractivity contribution in [1.82, 2.24) is 10.9 Å². The van der Waals surface area contributed by atoms with Crippen molar-refractivity contribution in [3.8, 4) is 11.5 Å². The molecule has 0 aliphatic heterocycles. The molecule has 2 atom stereocenters. The Hall–Kier alpha value is -5.52. The van der Waals surface area contributed by atoms with E-state index in [4.69, 9.17) is 9.47 Å². The van der Waals surface area contributed by atoms with Gasteiger partial charge in [0.05, 0.1) is 25.3 Å². The summed E-state index contributed by atoms with van der Waals surface area (Å²) in [4.78, 5) is 2.20. The summed E-state index contributed by atoms with van der Waals surface area (Å²) in [5.41, 5.74) is 16.5. The maximum Gasteiger partial charge on any atom is 0.120 e. The van der Waals surface area contributed by atoms with Gasteiger partial charge in [-0.05, 0) is 121 Å². The van der Waals surface area contributed by atoms with Crippen LogP contribution >= 0.6 is 22.7 Å². The second-order valence-corrected chi connectivity index (χ2v) is 16.6. The number of hydrogen-bond acceptors (Lipinski definition) is 10. The maximum atomic E-state index is 10.9. The molecule has 0 saturated heterocycles. The molecule has 4 aromatic carbocycles. The Morgan fingerprint density at radius 1 is 0.450 bits per heavy atom. The first-order valence-corrected chi connectivity index (χ1v) is 22.8. The lowest BCUT2D eigenvalue weighted by molar-refractivity contribution is 0.303. The Bertz CT molecular complexity index is 1940. The third-order valence-electron chi connectivity index (χ3n) is 10.0. The highest BCUT2D eigenvalue weighted by atomic mass is 32.1. The quantitative estimate of drug-likeness (QED) is 0.0173. The average molecular weight is 843 g/mol. The molecule has 314 valence electrons. The Kier molecular flexibility index (Phi) is 18.5. The first-order valence-electron chi connectivity index (χ1n) is 21.1. The van der Waals surface area contributed by atoms with Crippen LogP contribution in [0, 0.1) is 0 Å². The number of para-hydroxylation sites is 2. The predicted octanol–water partition coefficient (Wildman–Crippen LogP) is 13.7. The molecule has 8 nitrogen and oxygen atoms in total. The van der Waals surface area contributed by atoms with E-state index in [1.165, 1.54) is 51.4 Å². The minimum atomic E-state index is -0.196. The van der Waals surface area contributed by atoms with Crippen LogP contribution in [0.1, 0.15) is 97.2 Å². The van der Waals surface area contributed by atoms with Crippen molar-refractivity contribution in [3.63, 3.8) is 0 Å². The number of ether oxygens (including phenoxy) is 2. The van der Waals surface area contributed by atoms with Gasteiger partial charge in [-0.3, -0.25) is 0 Å². The van der Waals surface area contributed by atoms with E-state index < -0.39 is 0 Å². The number of rotatable bonds is 27. The average Bonchev–Trinajstić information content (AvgIpc) is 4.04. The van der Waals surface area contributed by atoms with Crippen molar-refractivity contribution in [2.24, 2.45) is 0 Å².